The second kappa shape index (κ2) is 5.40. The van der Waals surface area contributed by atoms with Crippen LogP contribution in [0.3, 0.4) is 0 Å². The van der Waals surface area contributed by atoms with Crippen molar-refractivity contribution < 1.29 is 9.59 Å². The van der Waals surface area contributed by atoms with Crippen molar-refractivity contribution in [1.82, 2.24) is 0 Å². The van der Waals surface area contributed by atoms with Gasteiger partial charge in [0.1, 0.15) is 5.88 Å². The second-order valence-electron chi connectivity index (χ2n) is 4.40. The molecule has 0 saturated heterocycles. The Hall–Kier alpha value is -1.55. The van der Waals surface area contributed by atoms with E-state index in [2.05, 4.69) is 5.32 Å². The average Bonchev–Trinajstić information content (AvgIpc) is 3.22. The Morgan fingerprint density at radius 3 is 2.44 bits per heavy atom. The summed E-state index contributed by atoms with van der Waals surface area (Å²) in [6, 6.07) is 7.14. The Kier molecular flexibility index (Phi) is 3.87. The molecule has 0 atom stereocenters. The van der Waals surface area contributed by atoms with Gasteiger partial charge in [0.2, 0.25) is 11.8 Å². The summed E-state index contributed by atoms with van der Waals surface area (Å²) in [6.07, 6.45) is 1.99. The van der Waals surface area contributed by atoms with Gasteiger partial charge in [-0.2, -0.15) is 0 Å². The molecule has 0 aromatic heterocycles. The first-order chi connectivity index (χ1) is 8.61. The third-order valence-electron chi connectivity index (χ3n) is 2.92. The average molecular weight is 267 g/mol. The number of halogens is 1. The summed E-state index contributed by atoms with van der Waals surface area (Å²) in [5.74, 6) is 0.0481. The van der Waals surface area contributed by atoms with Gasteiger partial charge >= 0.3 is 0 Å². The molecular formula is C13H15ClN2O2. The van der Waals surface area contributed by atoms with E-state index in [0.717, 1.165) is 18.5 Å². The smallest absolute Gasteiger partial charge is 0.239 e. The Labute approximate surface area is 111 Å². The summed E-state index contributed by atoms with van der Waals surface area (Å²) in [5.41, 5.74) is 1.51. The molecule has 1 saturated carbocycles. The maximum absolute atomic E-state index is 11.9. The van der Waals surface area contributed by atoms with Crippen LogP contribution in [0, 0.1) is 5.92 Å². The first kappa shape index (κ1) is 12.9. The van der Waals surface area contributed by atoms with E-state index >= 15 is 0 Å². The molecule has 0 bridgehead atoms. The summed E-state index contributed by atoms with van der Waals surface area (Å²) in [5, 5.41) is 2.65. The molecule has 18 heavy (non-hydrogen) atoms. The molecule has 96 valence electrons. The van der Waals surface area contributed by atoms with Crippen molar-refractivity contribution in [2.75, 3.05) is 23.1 Å². The number of hydrogen-bond acceptors (Lipinski definition) is 2. The fourth-order valence-corrected chi connectivity index (χ4v) is 1.76. The lowest BCUT2D eigenvalue weighted by atomic mass is 10.2. The van der Waals surface area contributed by atoms with Crippen molar-refractivity contribution in [2.24, 2.45) is 5.92 Å². The van der Waals surface area contributed by atoms with Gasteiger partial charge < -0.3 is 10.2 Å². The number of anilines is 2. The van der Waals surface area contributed by atoms with E-state index < -0.39 is 0 Å². The molecule has 0 aliphatic heterocycles. The fourth-order valence-electron chi connectivity index (χ4n) is 1.69. The predicted molar refractivity (Wildman–Crippen MR) is 71.9 cm³/mol. The van der Waals surface area contributed by atoms with E-state index in [1.807, 2.05) is 12.1 Å². The first-order valence-electron chi connectivity index (χ1n) is 5.85. The van der Waals surface area contributed by atoms with E-state index in [-0.39, 0.29) is 23.6 Å². The lowest BCUT2D eigenvalue weighted by Gasteiger charge is -2.17. The van der Waals surface area contributed by atoms with Crippen LogP contribution in [0.5, 0.6) is 0 Å². The molecule has 1 aromatic carbocycles. The van der Waals surface area contributed by atoms with E-state index in [9.17, 15) is 9.59 Å². The lowest BCUT2D eigenvalue weighted by molar-refractivity contribution is -0.119. The van der Waals surface area contributed by atoms with Crippen molar-refractivity contribution in [2.45, 2.75) is 12.8 Å². The number of benzene rings is 1. The molecule has 4 nitrogen and oxygen atoms in total. The van der Waals surface area contributed by atoms with Crippen LogP contribution in [0.4, 0.5) is 11.4 Å². The van der Waals surface area contributed by atoms with Gasteiger partial charge in [-0.25, -0.2) is 0 Å². The Morgan fingerprint density at radius 1 is 1.33 bits per heavy atom. The zero-order chi connectivity index (χ0) is 13.1. The van der Waals surface area contributed by atoms with Crippen LogP contribution in [0.15, 0.2) is 24.3 Å². The Morgan fingerprint density at radius 2 is 1.94 bits per heavy atom. The third-order valence-corrected chi connectivity index (χ3v) is 3.16. The molecule has 1 aliphatic rings. The molecule has 1 N–H and O–H groups in total. The summed E-state index contributed by atoms with van der Waals surface area (Å²) in [4.78, 5) is 24.6. The molecule has 0 spiro atoms. The third kappa shape index (κ3) is 3.01. The molecule has 1 fully saturated rings. The van der Waals surface area contributed by atoms with Gasteiger partial charge in [-0.1, -0.05) is 0 Å². The molecule has 0 radical (unpaired) electrons. The van der Waals surface area contributed by atoms with Gasteiger partial charge in [0.15, 0.2) is 0 Å². The summed E-state index contributed by atoms with van der Waals surface area (Å²) < 4.78 is 0. The molecule has 2 amide bonds. The molecule has 0 heterocycles. The van der Waals surface area contributed by atoms with E-state index in [0.29, 0.717) is 5.69 Å². The van der Waals surface area contributed by atoms with Crippen LogP contribution in [0.2, 0.25) is 0 Å². The lowest BCUT2D eigenvalue weighted by Crippen LogP contribution is -2.27. The predicted octanol–water partition coefficient (Wildman–Crippen LogP) is 2.24. The van der Waals surface area contributed by atoms with Crippen molar-refractivity contribution in [3.8, 4) is 0 Å². The molecule has 1 aromatic rings. The highest BCUT2D eigenvalue weighted by Gasteiger charge is 2.32. The van der Waals surface area contributed by atoms with Gasteiger partial charge in [-0.3, -0.25) is 9.59 Å². The highest BCUT2D eigenvalue weighted by atomic mass is 35.5. The number of rotatable bonds is 4. The number of amides is 2. The van der Waals surface area contributed by atoms with Crippen LogP contribution in [-0.2, 0) is 9.59 Å². The zero-order valence-electron chi connectivity index (χ0n) is 10.1. The molecule has 1 aliphatic carbocycles. The number of carbonyl (C=O) groups excluding carboxylic acids is 2. The van der Waals surface area contributed by atoms with Crippen molar-refractivity contribution in [3.63, 3.8) is 0 Å². The van der Waals surface area contributed by atoms with Gasteiger partial charge in [0.05, 0.1) is 0 Å². The maximum atomic E-state index is 11.9. The number of carbonyl (C=O) groups is 2. The molecular weight excluding hydrogens is 252 g/mol. The minimum absolute atomic E-state index is 0.0676. The van der Waals surface area contributed by atoms with Crippen molar-refractivity contribution >= 4 is 34.8 Å². The number of nitrogens with zero attached hydrogens (tertiary/aromatic N) is 1. The largest absolute Gasteiger partial charge is 0.325 e. The van der Waals surface area contributed by atoms with Crippen LogP contribution < -0.4 is 10.2 Å². The van der Waals surface area contributed by atoms with Crippen molar-refractivity contribution in [1.29, 1.82) is 0 Å². The van der Waals surface area contributed by atoms with Gasteiger partial charge in [0.25, 0.3) is 0 Å². The highest BCUT2D eigenvalue weighted by Crippen LogP contribution is 2.32. The number of alkyl halides is 1. The van der Waals surface area contributed by atoms with Crippen LogP contribution in [0.25, 0.3) is 0 Å². The Bertz CT molecular complexity index is 455. The topological polar surface area (TPSA) is 49.4 Å². The van der Waals surface area contributed by atoms with Crippen LogP contribution in [-0.4, -0.2) is 24.7 Å². The number of hydrogen-bond donors (Lipinski definition) is 1. The summed E-state index contributed by atoms with van der Waals surface area (Å²) in [6.45, 7) is 0. The minimum Gasteiger partial charge on any atom is -0.325 e. The maximum Gasteiger partial charge on any atom is 0.239 e. The van der Waals surface area contributed by atoms with Gasteiger partial charge in [-0.15, -0.1) is 11.6 Å². The monoisotopic (exact) mass is 266 g/mol. The zero-order valence-corrected chi connectivity index (χ0v) is 10.9. The standard InChI is InChI=1S/C13H15ClN2O2/c1-16(13(18)9-2-3-9)11-6-4-10(5-7-11)15-12(17)8-14/h4-7,9H,2-3,8H2,1H3,(H,15,17). The highest BCUT2D eigenvalue weighted by molar-refractivity contribution is 6.29. The quantitative estimate of drug-likeness (QED) is 0.850. The van der Waals surface area contributed by atoms with Gasteiger partial charge in [-0.05, 0) is 37.1 Å². The second-order valence-corrected chi connectivity index (χ2v) is 4.67. The summed E-state index contributed by atoms with van der Waals surface area (Å²) in [7, 11) is 1.77. The van der Waals surface area contributed by atoms with Crippen molar-refractivity contribution in [3.05, 3.63) is 24.3 Å². The normalized spacial score (nSPS) is 14.1. The van der Waals surface area contributed by atoms with Crippen LogP contribution in [0.1, 0.15) is 12.8 Å². The Balaban J connectivity index is 2.02. The number of nitrogens with one attached hydrogen (secondary N) is 1. The van der Waals surface area contributed by atoms with E-state index in [1.54, 1.807) is 24.1 Å². The molecule has 0 unspecified atom stereocenters. The van der Waals surface area contributed by atoms with E-state index in [4.69, 9.17) is 11.6 Å². The molecule has 2 rings (SSSR count). The summed E-state index contributed by atoms with van der Waals surface area (Å²) >= 11 is 5.40. The molecule has 5 heteroatoms. The van der Waals surface area contributed by atoms with Gasteiger partial charge in [0, 0.05) is 24.3 Å². The minimum atomic E-state index is -0.244. The SMILES string of the molecule is CN(C(=O)C1CC1)c1ccc(NC(=O)CCl)cc1. The van der Waals surface area contributed by atoms with E-state index in [1.165, 1.54) is 0 Å². The van der Waals surface area contributed by atoms with Crippen LogP contribution >= 0.6 is 11.6 Å². The first-order valence-corrected chi connectivity index (χ1v) is 6.38. The fraction of sp³-hybridized carbons (Fsp3) is 0.385.